The second-order valence-electron chi connectivity index (χ2n) is 6.03. The van der Waals surface area contributed by atoms with Crippen LogP contribution in [0, 0.1) is 0 Å². The molecule has 2 heterocycles. The van der Waals surface area contributed by atoms with E-state index in [9.17, 15) is 4.79 Å². The highest BCUT2D eigenvalue weighted by Gasteiger charge is 2.13. The van der Waals surface area contributed by atoms with Crippen molar-refractivity contribution in [2.24, 2.45) is 0 Å². The fourth-order valence-electron chi connectivity index (χ4n) is 2.53. The molecule has 0 aliphatic heterocycles. The maximum atomic E-state index is 12.3. The fourth-order valence-corrected chi connectivity index (χ4v) is 2.53. The third-order valence-electron chi connectivity index (χ3n) is 3.97. The van der Waals surface area contributed by atoms with Gasteiger partial charge >= 0.3 is 0 Å². The molecule has 1 amide bonds. The van der Waals surface area contributed by atoms with Gasteiger partial charge in [-0.25, -0.2) is 0 Å². The first kappa shape index (κ1) is 16.9. The van der Waals surface area contributed by atoms with E-state index in [4.69, 9.17) is 0 Å². The summed E-state index contributed by atoms with van der Waals surface area (Å²) in [4.78, 5) is 12.3. The van der Waals surface area contributed by atoms with Crippen molar-refractivity contribution in [2.45, 2.75) is 38.9 Å². The number of aryl methyl sites for hydroxylation is 3. The summed E-state index contributed by atoms with van der Waals surface area (Å²) >= 11 is 0. The number of amides is 1. The normalized spacial score (nSPS) is 12.0. The van der Waals surface area contributed by atoms with Crippen LogP contribution in [0.5, 0.6) is 0 Å². The van der Waals surface area contributed by atoms with Gasteiger partial charge in [-0.15, -0.1) is 5.10 Å². The maximum Gasteiger partial charge on any atom is 0.273 e. The summed E-state index contributed by atoms with van der Waals surface area (Å²) in [5.74, 6) is -0.195. The lowest BCUT2D eigenvalue weighted by Crippen LogP contribution is -2.33. The number of nitrogens with one attached hydrogen (secondary N) is 1. The highest BCUT2D eigenvalue weighted by molar-refractivity contribution is 5.92. The van der Waals surface area contributed by atoms with Crippen molar-refractivity contribution in [1.29, 1.82) is 0 Å². The van der Waals surface area contributed by atoms with E-state index in [2.05, 4.69) is 32.9 Å². The predicted molar refractivity (Wildman–Crippen MR) is 93.9 cm³/mol. The number of carbonyl (C=O) groups is 1. The Morgan fingerprint density at radius 1 is 1.16 bits per heavy atom. The number of rotatable bonds is 8. The largest absolute Gasteiger partial charge is 0.348 e. The Labute approximate surface area is 146 Å². The van der Waals surface area contributed by atoms with Crippen molar-refractivity contribution >= 4 is 5.91 Å². The van der Waals surface area contributed by atoms with Crippen LogP contribution in [0.25, 0.3) is 0 Å². The second-order valence-corrected chi connectivity index (χ2v) is 6.03. The van der Waals surface area contributed by atoms with E-state index in [0.717, 1.165) is 19.4 Å². The molecule has 0 saturated heterocycles. The predicted octanol–water partition coefficient (Wildman–Crippen LogP) is 1.93. The van der Waals surface area contributed by atoms with Crippen molar-refractivity contribution < 1.29 is 4.79 Å². The van der Waals surface area contributed by atoms with Crippen LogP contribution in [0.3, 0.4) is 0 Å². The average Bonchev–Trinajstić information content (AvgIpc) is 3.31. The van der Waals surface area contributed by atoms with Gasteiger partial charge in [-0.2, -0.15) is 5.10 Å². The number of aromatic nitrogens is 5. The minimum Gasteiger partial charge on any atom is -0.348 e. The van der Waals surface area contributed by atoms with Crippen LogP contribution in [0.4, 0.5) is 0 Å². The van der Waals surface area contributed by atoms with Crippen molar-refractivity contribution in [3.05, 3.63) is 66.2 Å². The Kier molecular flexibility index (Phi) is 5.56. The minimum atomic E-state index is -0.195. The maximum absolute atomic E-state index is 12.3. The Hall–Kier alpha value is -2.96. The van der Waals surface area contributed by atoms with Crippen LogP contribution >= 0.6 is 0 Å². The van der Waals surface area contributed by atoms with E-state index in [1.54, 1.807) is 17.1 Å². The van der Waals surface area contributed by atoms with Gasteiger partial charge in [-0.3, -0.25) is 14.2 Å². The molecule has 1 unspecified atom stereocenters. The van der Waals surface area contributed by atoms with Crippen LogP contribution in [0.15, 0.2) is 55.0 Å². The van der Waals surface area contributed by atoms with Gasteiger partial charge in [0.15, 0.2) is 5.69 Å². The van der Waals surface area contributed by atoms with Gasteiger partial charge < -0.3 is 5.32 Å². The quantitative estimate of drug-likeness (QED) is 0.681. The molecule has 1 aromatic carbocycles. The smallest absolute Gasteiger partial charge is 0.273 e. The van der Waals surface area contributed by atoms with Crippen LogP contribution in [-0.4, -0.2) is 36.7 Å². The molecule has 0 aliphatic carbocycles. The Morgan fingerprint density at radius 3 is 2.76 bits per heavy atom. The number of carbonyl (C=O) groups excluding carboxylic acids is 1. The first-order valence-electron chi connectivity index (χ1n) is 8.43. The average molecular weight is 338 g/mol. The third-order valence-corrected chi connectivity index (χ3v) is 3.97. The standard InChI is InChI=1S/C18H22N6O/c1-15(8-12-23-11-5-10-19-23)20-18(25)17-14-24(22-21-17)13-9-16-6-3-2-4-7-16/h2-7,10-11,14-15H,8-9,12-13H2,1H3,(H,20,25). The lowest BCUT2D eigenvalue weighted by atomic mass is 10.1. The molecule has 0 spiro atoms. The summed E-state index contributed by atoms with van der Waals surface area (Å²) in [6.07, 6.45) is 7.00. The zero-order valence-corrected chi connectivity index (χ0v) is 14.2. The minimum absolute atomic E-state index is 0.0335. The molecule has 0 radical (unpaired) electrons. The summed E-state index contributed by atoms with van der Waals surface area (Å²) in [6, 6.07) is 12.1. The Balaban J connectivity index is 1.46. The Bertz CT molecular complexity index is 781. The third kappa shape index (κ3) is 5.00. The summed E-state index contributed by atoms with van der Waals surface area (Å²) in [6.45, 7) is 3.43. The molecule has 1 atom stereocenters. The highest BCUT2D eigenvalue weighted by Crippen LogP contribution is 2.03. The van der Waals surface area contributed by atoms with Crippen LogP contribution in [0.2, 0.25) is 0 Å². The SMILES string of the molecule is CC(CCn1cccn1)NC(=O)c1cn(CCc2ccccc2)nn1. The molecule has 0 fully saturated rings. The number of benzene rings is 1. The van der Waals surface area contributed by atoms with E-state index in [1.165, 1.54) is 5.56 Å². The van der Waals surface area contributed by atoms with Gasteiger partial charge in [0.05, 0.1) is 6.20 Å². The molecule has 2 aromatic heterocycles. The molecule has 0 saturated carbocycles. The van der Waals surface area contributed by atoms with E-state index in [1.807, 2.05) is 42.1 Å². The van der Waals surface area contributed by atoms with E-state index >= 15 is 0 Å². The second kappa shape index (κ2) is 8.23. The molecule has 130 valence electrons. The van der Waals surface area contributed by atoms with Crippen LogP contribution in [0.1, 0.15) is 29.4 Å². The first-order chi connectivity index (χ1) is 12.2. The fraction of sp³-hybridized carbons (Fsp3) is 0.333. The molecule has 25 heavy (non-hydrogen) atoms. The van der Waals surface area contributed by atoms with Crippen LogP contribution in [-0.2, 0) is 19.5 Å². The topological polar surface area (TPSA) is 77.6 Å². The van der Waals surface area contributed by atoms with E-state index in [-0.39, 0.29) is 11.9 Å². The van der Waals surface area contributed by atoms with Gasteiger partial charge in [-0.05, 0) is 31.4 Å². The van der Waals surface area contributed by atoms with Crippen molar-refractivity contribution in [3.8, 4) is 0 Å². The molecule has 3 aromatic rings. The zero-order valence-electron chi connectivity index (χ0n) is 14.2. The summed E-state index contributed by atoms with van der Waals surface area (Å²) < 4.78 is 3.55. The lowest BCUT2D eigenvalue weighted by molar-refractivity contribution is 0.0932. The number of hydrogen-bond acceptors (Lipinski definition) is 4. The summed E-state index contributed by atoms with van der Waals surface area (Å²) in [7, 11) is 0. The van der Waals surface area contributed by atoms with Crippen LogP contribution < -0.4 is 5.32 Å². The molecule has 1 N–H and O–H groups in total. The number of hydrogen-bond donors (Lipinski definition) is 1. The molecule has 0 bridgehead atoms. The molecule has 3 rings (SSSR count). The van der Waals surface area contributed by atoms with Gasteiger partial charge in [0, 0.05) is 31.5 Å². The molecule has 7 nitrogen and oxygen atoms in total. The molecular weight excluding hydrogens is 316 g/mol. The van der Waals surface area contributed by atoms with Crippen molar-refractivity contribution in [1.82, 2.24) is 30.1 Å². The molecular formula is C18H22N6O. The van der Waals surface area contributed by atoms with Gasteiger partial charge in [0.25, 0.3) is 5.91 Å². The highest BCUT2D eigenvalue weighted by atomic mass is 16.2. The van der Waals surface area contributed by atoms with Gasteiger partial charge in [0.2, 0.25) is 0 Å². The van der Waals surface area contributed by atoms with Gasteiger partial charge in [-0.1, -0.05) is 35.5 Å². The van der Waals surface area contributed by atoms with Crippen molar-refractivity contribution in [2.75, 3.05) is 0 Å². The van der Waals surface area contributed by atoms with E-state index < -0.39 is 0 Å². The van der Waals surface area contributed by atoms with Crippen molar-refractivity contribution in [3.63, 3.8) is 0 Å². The molecule has 0 aliphatic rings. The van der Waals surface area contributed by atoms with E-state index in [0.29, 0.717) is 12.2 Å². The summed E-state index contributed by atoms with van der Waals surface area (Å²) in [5, 5.41) is 15.1. The zero-order chi connectivity index (χ0) is 17.5. The molecule has 7 heteroatoms. The monoisotopic (exact) mass is 338 g/mol. The summed E-state index contributed by atoms with van der Waals surface area (Å²) in [5.41, 5.74) is 1.58. The first-order valence-corrected chi connectivity index (χ1v) is 8.43. The number of nitrogens with zero attached hydrogens (tertiary/aromatic N) is 5. The Morgan fingerprint density at radius 2 is 2.00 bits per heavy atom. The lowest BCUT2D eigenvalue weighted by Gasteiger charge is -2.12. The van der Waals surface area contributed by atoms with Gasteiger partial charge in [0.1, 0.15) is 0 Å².